The topological polar surface area (TPSA) is 70.2 Å². The lowest BCUT2D eigenvalue weighted by molar-refractivity contribution is -0.116. The summed E-state index contributed by atoms with van der Waals surface area (Å²) < 4.78 is 0. The largest absolute Gasteiger partial charge is 0.367 e. The van der Waals surface area contributed by atoms with Crippen molar-refractivity contribution in [2.75, 3.05) is 28.6 Å². The number of para-hydroxylation sites is 1. The Kier molecular flexibility index (Phi) is 5.74. The van der Waals surface area contributed by atoms with Crippen LogP contribution in [0.15, 0.2) is 36.7 Å². The molecule has 0 radical (unpaired) electrons. The van der Waals surface area contributed by atoms with Crippen LogP contribution in [0.25, 0.3) is 0 Å². The summed E-state index contributed by atoms with van der Waals surface area (Å²) >= 11 is 0. The van der Waals surface area contributed by atoms with Crippen molar-refractivity contribution >= 4 is 23.2 Å². The normalized spacial score (nSPS) is 19.3. The minimum absolute atomic E-state index is 0.101. The van der Waals surface area contributed by atoms with E-state index in [0.29, 0.717) is 18.4 Å². The highest BCUT2D eigenvalue weighted by Crippen LogP contribution is 2.28. The standard InChI is InChI=1S/C22H29N5O/c1-16-5-2-3-7-19(16)26-22(28)11-8-17-6-4-12-27(14-17)21-13-20(23-15-24-21)25-18-9-10-18/h2-3,5,7,13,15,17-18H,4,6,8-12,14H2,1H3,(H,26,28)(H,23,24,25)/t17-/m1/s1. The van der Waals surface area contributed by atoms with E-state index in [1.54, 1.807) is 6.33 Å². The Balaban J connectivity index is 1.29. The van der Waals surface area contributed by atoms with Gasteiger partial charge in [-0.3, -0.25) is 4.79 Å². The van der Waals surface area contributed by atoms with Crippen LogP contribution in [0, 0.1) is 12.8 Å². The van der Waals surface area contributed by atoms with E-state index in [9.17, 15) is 4.79 Å². The quantitative estimate of drug-likeness (QED) is 0.761. The summed E-state index contributed by atoms with van der Waals surface area (Å²) in [5, 5.41) is 6.49. The second-order valence-corrected chi connectivity index (χ2v) is 8.04. The van der Waals surface area contributed by atoms with Crippen LogP contribution in [0.1, 0.15) is 44.1 Å². The molecule has 1 aliphatic heterocycles. The fourth-order valence-corrected chi connectivity index (χ4v) is 3.81. The van der Waals surface area contributed by atoms with E-state index in [1.165, 1.54) is 19.3 Å². The zero-order valence-electron chi connectivity index (χ0n) is 16.5. The van der Waals surface area contributed by atoms with E-state index in [1.807, 2.05) is 31.2 Å². The second-order valence-electron chi connectivity index (χ2n) is 8.04. The van der Waals surface area contributed by atoms with Gasteiger partial charge in [0, 0.05) is 37.3 Å². The molecule has 1 saturated carbocycles. The highest BCUT2D eigenvalue weighted by Gasteiger charge is 2.24. The van der Waals surface area contributed by atoms with Crippen LogP contribution < -0.4 is 15.5 Å². The van der Waals surface area contributed by atoms with E-state index < -0.39 is 0 Å². The average Bonchev–Trinajstić information content (AvgIpc) is 3.53. The Morgan fingerprint density at radius 1 is 1.21 bits per heavy atom. The van der Waals surface area contributed by atoms with Crippen LogP contribution >= 0.6 is 0 Å². The Hall–Kier alpha value is -2.63. The highest BCUT2D eigenvalue weighted by atomic mass is 16.1. The van der Waals surface area contributed by atoms with E-state index in [-0.39, 0.29) is 5.91 Å². The molecule has 0 spiro atoms. The van der Waals surface area contributed by atoms with Gasteiger partial charge in [0.15, 0.2) is 0 Å². The van der Waals surface area contributed by atoms with Crippen LogP contribution in [0.3, 0.4) is 0 Å². The first-order chi connectivity index (χ1) is 13.7. The molecule has 0 bridgehead atoms. The van der Waals surface area contributed by atoms with Gasteiger partial charge in [-0.05, 0) is 56.6 Å². The monoisotopic (exact) mass is 379 g/mol. The van der Waals surface area contributed by atoms with Gasteiger partial charge in [0.25, 0.3) is 0 Å². The Bertz CT molecular complexity index is 820. The summed E-state index contributed by atoms with van der Waals surface area (Å²) in [6.07, 6.45) is 7.90. The summed E-state index contributed by atoms with van der Waals surface area (Å²) in [5.74, 6) is 2.54. The molecule has 2 fully saturated rings. The van der Waals surface area contributed by atoms with Crippen molar-refractivity contribution in [1.82, 2.24) is 9.97 Å². The van der Waals surface area contributed by atoms with Gasteiger partial charge >= 0.3 is 0 Å². The van der Waals surface area contributed by atoms with Gasteiger partial charge in [0.05, 0.1) is 0 Å². The van der Waals surface area contributed by atoms with Gasteiger partial charge < -0.3 is 15.5 Å². The van der Waals surface area contributed by atoms with Gasteiger partial charge in [-0.15, -0.1) is 0 Å². The number of piperidine rings is 1. The Labute approximate surface area is 166 Å². The maximum atomic E-state index is 12.4. The summed E-state index contributed by atoms with van der Waals surface area (Å²) in [6.45, 7) is 3.99. The lowest BCUT2D eigenvalue weighted by Gasteiger charge is -2.33. The molecular formula is C22H29N5O. The van der Waals surface area contributed by atoms with Crippen molar-refractivity contribution in [3.8, 4) is 0 Å². The minimum Gasteiger partial charge on any atom is -0.367 e. The molecule has 148 valence electrons. The van der Waals surface area contributed by atoms with Crippen LogP contribution in [0.4, 0.5) is 17.3 Å². The van der Waals surface area contributed by atoms with Crippen molar-refractivity contribution < 1.29 is 4.79 Å². The first-order valence-electron chi connectivity index (χ1n) is 10.4. The number of carbonyl (C=O) groups is 1. The molecule has 1 aromatic heterocycles. The molecule has 4 rings (SSSR count). The maximum absolute atomic E-state index is 12.4. The molecule has 0 unspecified atom stereocenters. The molecule has 1 aromatic carbocycles. The Morgan fingerprint density at radius 2 is 2.07 bits per heavy atom. The summed E-state index contributed by atoms with van der Waals surface area (Å²) in [5.41, 5.74) is 2.01. The van der Waals surface area contributed by atoms with Gasteiger partial charge in [0.1, 0.15) is 18.0 Å². The zero-order chi connectivity index (χ0) is 19.3. The predicted molar refractivity (Wildman–Crippen MR) is 113 cm³/mol. The molecule has 6 heteroatoms. The van der Waals surface area contributed by atoms with Crippen molar-refractivity contribution in [2.45, 2.75) is 51.5 Å². The molecule has 6 nitrogen and oxygen atoms in total. The van der Waals surface area contributed by atoms with Gasteiger partial charge in [-0.1, -0.05) is 18.2 Å². The molecule has 28 heavy (non-hydrogen) atoms. The number of hydrogen-bond acceptors (Lipinski definition) is 5. The fourth-order valence-electron chi connectivity index (χ4n) is 3.81. The third-order valence-corrected chi connectivity index (χ3v) is 5.62. The number of aryl methyl sites for hydroxylation is 1. The number of aromatic nitrogens is 2. The van der Waals surface area contributed by atoms with Crippen molar-refractivity contribution in [3.05, 3.63) is 42.2 Å². The number of amides is 1. The smallest absolute Gasteiger partial charge is 0.224 e. The molecule has 2 aliphatic rings. The van der Waals surface area contributed by atoms with E-state index in [0.717, 1.165) is 48.8 Å². The summed E-state index contributed by atoms with van der Waals surface area (Å²) in [4.78, 5) is 23.5. The van der Waals surface area contributed by atoms with Crippen molar-refractivity contribution in [1.29, 1.82) is 0 Å². The van der Waals surface area contributed by atoms with E-state index in [2.05, 4.69) is 31.6 Å². The Morgan fingerprint density at radius 3 is 2.89 bits per heavy atom. The number of carbonyl (C=O) groups excluding carboxylic acids is 1. The number of nitrogens with zero attached hydrogens (tertiary/aromatic N) is 3. The fraction of sp³-hybridized carbons (Fsp3) is 0.500. The molecule has 1 amide bonds. The number of anilines is 3. The number of rotatable bonds is 7. The lowest BCUT2D eigenvalue weighted by atomic mass is 9.93. The van der Waals surface area contributed by atoms with Crippen molar-refractivity contribution in [3.63, 3.8) is 0 Å². The number of benzene rings is 1. The third-order valence-electron chi connectivity index (χ3n) is 5.62. The predicted octanol–water partition coefficient (Wildman–Crippen LogP) is 3.99. The summed E-state index contributed by atoms with van der Waals surface area (Å²) in [7, 11) is 0. The first kappa shape index (κ1) is 18.7. The van der Waals surface area contributed by atoms with Crippen LogP contribution in [0.5, 0.6) is 0 Å². The molecular weight excluding hydrogens is 350 g/mol. The molecule has 2 aromatic rings. The van der Waals surface area contributed by atoms with Crippen LogP contribution in [0.2, 0.25) is 0 Å². The van der Waals surface area contributed by atoms with Crippen molar-refractivity contribution in [2.24, 2.45) is 5.92 Å². The van der Waals surface area contributed by atoms with Crippen LogP contribution in [-0.4, -0.2) is 35.0 Å². The molecule has 2 heterocycles. The molecule has 1 saturated heterocycles. The lowest BCUT2D eigenvalue weighted by Crippen LogP contribution is -2.36. The SMILES string of the molecule is Cc1ccccc1NC(=O)CC[C@H]1CCCN(c2cc(NC3CC3)ncn2)C1. The first-order valence-corrected chi connectivity index (χ1v) is 10.4. The number of hydrogen-bond donors (Lipinski definition) is 2. The second kappa shape index (κ2) is 8.59. The molecule has 1 aliphatic carbocycles. The maximum Gasteiger partial charge on any atom is 0.224 e. The molecule has 2 N–H and O–H groups in total. The van der Waals surface area contributed by atoms with Gasteiger partial charge in [-0.25, -0.2) is 9.97 Å². The summed E-state index contributed by atoms with van der Waals surface area (Å²) in [6, 6.07) is 10.6. The third kappa shape index (κ3) is 5.00. The average molecular weight is 380 g/mol. The van der Waals surface area contributed by atoms with Crippen LogP contribution in [-0.2, 0) is 4.79 Å². The molecule has 1 atom stereocenters. The van der Waals surface area contributed by atoms with Gasteiger partial charge in [-0.2, -0.15) is 0 Å². The zero-order valence-corrected chi connectivity index (χ0v) is 16.5. The highest BCUT2D eigenvalue weighted by molar-refractivity contribution is 5.91. The van der Waals surface area contributed by atoms with E-state index >= 15 is 0 Å². The van der Waals surface area contributed by atoms with Gasteiger partial charge in [0.2, 0.25) is 5.91 Å². The number of nitrogens with one attached hydrogen (secondary N) is 2. The minimum atomic E-state index is 0.101. The van der Waals surface area contributed by atoms with E-state index in [4.69, 9.17) is 0 Å².